The van der Waals surface area contributed by atoms with Gasteiger partial charge in [0, 0.05) is 27.5 Å². The number of ether oxygens (including phenoxy) is 3. The van der Waals surface area contributed by atoms with Crippen LogP contribution < -0.4 is 14.2 Å². The van der Waals surface area contributed by atoms with Gasteiger partial charge in [-0.15, -0.1) is 0 Å². The molecule has 0 spiro atoms. The molecule has 1 aliphatic carbocycles. The lowest BCUT2D eigenvalue weighted by Gasteiger charge is -2.38. The molecular weight excluding hydrogens is 496 g/mol. The maximum absolute atomic E-state index is 10.1. The van der Waals surface area contributed by atoms with E-state index in [2.05, 4.69) is 68.5 Å². The van der Waals surface area contributed by atoms with Crippen molar-refractivity contribution in [1.82, 2.24) is 0 Å². The molecule has 4 nitrogen and oxygen atoms in total. The van der Waals surface area contributed by atoms with Crippen molar-refractivity contribution >= 4 is 16.8 Å². The molecule has 0 saturated carbocycles. The van der Waals surface area contributed by atoms with E-state index in [9.17, 15) is 5.11 Å². The summed E-state index contributed by atoms with van der Waals surface area (Å²) in [5, 5.41) is 12.1. The summed E-state index contributed by atoms with van der Waals surface area (Å²) in [4.78, 5) is 0. The van der Waals surface area contributed by atoms with E-state index in [0.29, 0.717) is 11.5 Å². The maximum atomic E-state index is 10.1. The number of phenols is 1. The van der Waals surface area contributed by atoms with E-state index in [-0.39, 0.29) is 11.2 Å². The van der Waals surface area contributed by atoms with E-state index in [1.165, 1.54) is 22.3 Å². The molecule has 1 atom stereocenters. The molecule has 0 radical (unpaired) electrons. The van der Waals surface area contributed by atoms with E-state index >= 15 is 0 Å². The number of phenolic OH excluding ortho intramolecular Hbond substituents is 1. The van der Waals surface area contributed by atoms with Crippen molar-refractivity contribution in [3.63, 3.8) is 0 Å². The third-order valence-corrected chi connectivity index (χ3v) is 8.54. The molecule has 0 fully saturated rings. The summed E-state index contributed by atoms with van der Waals surface area (Å²) in [6.07, 6.45) is 4.38. The molecule has 0 saturated heterocycles. The number of benzene rings is 5. The summed E-state index contributed by atoms with van der Waals surface area (Å²) >= 11 is 0. The third kappa shape index (κ3) is 3.26. The van der Waals surface area contributed by atoms with Gasteiger partial charge in [0.1, 0.15) is 11.5 Å². The highest BCUT2D eigenvalue weighted by Gasteiger charge is 2.44. The van der Waals surface area contributed by atoms with Crippen LogP contribution in [0.1, 0.15) is 41.7 Å². The van der Waals surface area contributed by atoms with Crippen molar-refractivity contribution in [3.8, 4) is 34.1 Å². The van der Waals surface area contributed by atoms with Crippen LogP contribution in [-0.4, -0.2) is 19.3 Å². The number of fused-ring (bicyclic) bond motifs is 8. The molecule has 1 heterocycles. The van der Waals surface area contributed by atoms with Crippen LogP contribution in [0.2, 0.25) is 0 Å². The Morgan fingerprint density at radius 1 is 0.725 bits per heavy atom. The normalized spacial score (nSPS) is 18.0. The van der Waals surface area contributed by atoms with Gasteiger partial charge >= 0.3 is 0 Å². The Balaban J connectivity index is 1.60. The van der Waals surface area contributed by atoms with Crippen LogP contribution in [0, 0.1) is 0 Å². The summed E-state index contributed by atoms with van der Waals surface area (Å²) in [5.74, 6) is 2.34. The average molecular weight is 527 g/mol. The lowest BCUT2D eigenvalue weighted by Crippen LogP contribution is -2.35. The second kappa shape index (κ2) is 8.65. The highest BCUT2D eigenvalue weighted by atomic mass is 16.5. The number of aromatic hydroxyl groups is 1. The molecule has 198 valence electrons. The number of hydrogen-bond acceptors (Lipinski definition) is 4. The zero-order valence-electron chi connectivity index (χ0n) is 23.0. The molecule has 2 aliphatic rings. The van der Waals surface area contributed by atoms with Crippen molar-refractivity contribution in [2.75, 3.05) is 14.2 Å². The van der Waals surface area contributed by atoms with Gasteiger partial charge in [0.15, 0.2) is 17.1 Å². The summed E-state index contributed by atoms with van der Waals surface area (Å²) in [6, 6.07) is 30.3. The van der Waals surface area contributed by atoms with Crippen LogP contribution in [0.3, 0.4) is 0 Å². The first-order valence-corrected chi connectivity index (χ1v) is 13.5. The van der Waals surface area contributed by atoms with Crippen LogP contribution in [0.5, 0.6) is 23.0 Å². The largest absolute Gasteiger partial charge is 0.508 e. The lowest BCUT2D eigenvalue weighted by molar-refractivity contribution is 0.163. The highest BCUT2D eigenvalue weighted by molar-refractivity contribution is 6.09. The summed E-state index contributed by atoms with van der Waals surface area (Å²) in [7, 11) is 3.33. The maximum Gasteiger partial charge on any atom is 0.178 e. The van der Waals surface area contributed by atoms with Gasteiger partial charge in [-0.25, -0.2) is 0 Å². The van der Waals surface area contributed by atoms with Crippen molar-refractivity contribution < 1.29 is 19.3 Å². The van der Waals surface area contributed by atoms with Crippen molar-refractivity contribution in [2.45, 2.75) is 24.9 Å². The van der Waals surface area contributed by atoms with Gasteiger partial charge < -0.3 is 19.3 Å². The number of hydrogen-bond donors (Lipinski definition) is 1. The third-order valence-electron chi connectivity index (χ3n) is 8.54. The first kappa shape index (κ1) is 24.3. The predicted molar refractivity (Wildman–Crippen MR) is 160 cm³/mol. The van der Waals surface area contributed by atoms with E-state index < -0.39 is 5.60 Å². The van der Waals surface area contributed by atoms with Gasteiger partial charge in [-0.05, 0) is 58.0 Å². The predicted octanol–water partition coefficient (Wildman–Crippen LogP) is 8.22. The molecule has 1 N–H and O–H groups in total. The van der Waals surface area contributed by atoms with Crippen molar-refractivity contribution in [3.05, 3.63) is 125 Å². The average Bonchev–Trinajstić information content (AvgIpc) is 3.24. The minimum absolute atomic E-state index is 0.215. The fraction of sp³-hybridized carbons (Fsp3) is 0.167. The van der Waals surface area contributed by atoms with Crippen molar-refractivity contribution in [2.24, 2.45) is 0 Å². The Morgan fingerprint density at radius 3 is 2.05 bits per heavy atom. The van der Waals surface area contributed by atoms with Crippen LogP contribution in [0.4, 0.5) is 0 Å². The standard InChI is InChI=1S/C36H30O4/c1-35(2)29-13-9-8-12-25(29)32-27-20-30(38-3)31(39-4)21-28(27)34-26(33(32)35)18-19-36(40-34,22-10-6-5-7-11-22)23-14-16-24(37)17-15-23/h5-21,37H,1-4H3. The summed E-state index contributed by atoms with van der Waals surface area (Å²) in [5.41, 5.74) is 6.83. The molecule has 0 aromatic heterocycles. The van der Waals surface area contributed by atoms with Gasteiger partial charge in [0.2, 0.25) is 0 Å². The molecule has 1 aliphatic heterocycles. The van der Waals surface area contributed by atoms with Crippen LogP contribution in [0.15, 0.2) is 97.1 Å². The molecule has 5 aromatic carbocycles. The Bertz CT molecular complexity index is 1820. The van der Waals surface area contributed by atoms with Gasteiger partial charge in [0.25, 0.3) is 0 Å². The lowest BCUT2D eigenvalue weighted by atomic mass is 9.77. The summed E-state index contributed by atoms with van der Waals surface area (Å²) < 4.78 is 18.8. The van der Waals surface area contributed by atoms with E-state index in [4.69, 9.17) is 14.2 Å². The van der Waals surface area contributed by atoms with Crippen LogP contribution in [-0.2, 0) is 11.0 Å². The molecule has 5 aromatic rings. The molecule has 40 heavy (non-hydrogen) atoms. The molecule has 4 heteroatoms. The highest BCUT2D eigenvalue weighted by Crippen LogP contribution is 2.59. The van der Waals surface area contributed by atoms with E-state index in [0.717, 1.165) is 33.2 Å². The Hall–Kier alpha value is -4.70. The minimum atomic E-state index is -0.897. The number of rotatable bonds is 4. The SMILES string of the molecule is COc1cc2c3c(c4c(c2cc1OC)-c1ccccc1C4(C)C)C=CC(c1ccccc1)(c1ccc(O)cc1)O3. The van der Waals surface area contributed by atoms with Gasteiger partial charge in [-0.1, -0.05) is 86.7 Å². The summed E-state index contributed by atoms with van der Waals surface area (Å²) in [6.45, 7) is 4.58. The molecule has 7 rings (SSSR count). The Morgan fingerprint density at radius 2 is 1.35 bits per heavy atom. The molecule has 0 bridgehead atoms. The van der Waals surface area contributed by atoms with E-state index in [1.807, 2.05) is 36.4 Å². The quantitative estimate of drug-likeness (QED) is 0.256. The fourth-order valence-electron chi connectivity index (χ4n) is 6.65. The number of methoxy groups -OCH3 is 2. The first-order valence-electron chi connectivity index (χ1n) is 13.5. The topological polar surface area (TPSA) is 47.9 Å². The fourth-order valence-corrected chi connectivity index (χ4v) is 6.65. The second-order valence-corrected chi connectivity index (χ2v) is 11.0. The van der Waals surface area contributed by atoms with Crippen LogP contribution in [0.25, 0.3) is 28.0 Å². The zero-order valence-corrected chi connectivity index (χ0v) is 23.0. The molecule has 0 amide bonds. The van der Waals surface area contributed by atoms with Gasteiger partial charge in [0.05, 0.1) is 14.2 Å². The monoisotopic (exact) mass is 526 g/mol. The first-order chi connectivity index (χ1) is 19.4. The molecular formula is C36H30O4. The smallest absolute Gasteiger partial charge is 0.178 e. The van der Waals surface area contributed by atoms with Gasteiger partial charge in [-0.3, -0.25) is 0 Å². The van der Waals surface area contributed by atoms with Crippen molar-refractivity contribution in [1.29, 1.82) is 0 Å². The Labute approximate surface area is 234 Å². The second-order valence-electron chi connectivity index (χ2n) is 11.0. The Kier molecular flexibility index (Phi) is 5.27. The molecule has 1 unspecified atom stereocenters. The van der Waals surface area contributed by atoms with Gasteiger partial charge in [-0.2, -0.15) is 0 Å². The van der Waals surface area contributed by atoms with E-state index in [1.54, 1.807) is 26.4 Å². The zero-order chi connectivity index (χ0) is 27.6. The minimum Gasteiger partial charge on any atom is -0.508 e. The van der Waals surface area contributed by atoms with Crippen LogP contribution >= 0.6 is 0 Å².